The molecule has 0 amide bonds. The lowest BCUT2D eigenvalue weighted by Crippen LogP contribution is -2.17. The van der Waals surface area contributed by atoms with E-state index >= 15 is 0 Å². The van der Waals surface area contributed by atoms with E-state index in [2.05, 4.69) is 48.9 Å². The second-order valence-electron chi connectivity index (χ2n) is 4.53. The maximum Gasteiger partial charge on any atom is 0.128 e. The Labute approximate surface area is 129 Å². The van der Waals surface area contributed by atoms with Gasteiger partial charge < -0.3 is 0 Å². The van der Waals surface area contributed by atoms with Crippen LogP contribution in [0.1, 0.15) is 11.1 Å². The SMILES string of the molecule is CN(Cc1ccc(Br)cc1)Cc1ccc(Br)cc1F. The van der Waals surface area contributed by atoms with E-state index in [1.807, 2.05) is 31.3 Å². The molecule has 0 aliphatic heterocycles. The number of hydrogen-bond acceptors (Lipinski definition) is 1. The fraction of sp³-hybridized carbons (Fsp3) is 0.200. The summed E-state index contributed by atoms with van der Waals surface area (Å²) in [6.45, 7) is 1.39. The minimum absolute atomic E-state index is 0.169. The van der Waals surface area contributed by atoms with Crippen LogP contribution in [0.15, 0.2) is 51.4 Å². The highest BCUT2D eigenvalue weighted by Gasteiger charge is 2.07. The van der Waals surface area contributed by atoms with Crippen molar-refractivity contribution in [3.8, 4) is 0 Å². The van der Waals surface area contributed by atoms with Crippen LogP contribution in [0.2, 0.25) is 0 Å². The quantitative estimate of drug-likeness (QED) is 0.715. The van der Waals surface area contributed by atoms with Gasteiger partial charge in [-0.2, -0.15) is 0 Å². The Morgan fingerprint density at radius 3 is 2.21 bits per heavy atom. The Balaban J connectivity index is 2.01. The average Bonchev–Trinajstić information content (AvgIpc) is 2.36. The molecule has 0 heterocycles. The predicted octanol–water partition coefficient (Wildman–Crippen LogP) is 4.98. The van der Waals surface area contributed by atoms with Gasteiger partial charge in [0.05, 0.1) is 0 Å². The van der Waals surface area contributed by atoms with Gasteiger partial charge in [0.25, 0.3) is 0 Å². The van der Waals surface area contributed by atoms with Crippen molar-refractivity contribution < 1.29 is 4.39 Å². The predicted molar refractivity (Wildman–Crippen MR) is 83.4 cm³/mol. The molecule has 1 nitrogen and oxygen atoms in total. The summed E-state index contributed by atoms with van der Waals surface area (Å²) in [6.07, 6.45) is 0. The Morgan fingerprint density at radius 1 is 0.947 bits per heavy atom. The second-order valence-corrected chi connectivity index (χ2v) is 6.37. The summed E-state index contributed by atoms with van der Waals surface area (Å²) in [7, 11) is 1.99. The molecule has 2 rings (SSSR count). The Bertz CT molecular complexity index is 555. The van der Waals surface area contributed by atoms with E-state index in [4.69, 9.17) is 0 Å². The monoisotopic (exact) mass is 385 g/mol. The maximum atomic E-state index is 13.7. The van der Waals surface area contributed by atoms with Crippen molar-refractivity contribution >= 4 is 31.9 Å². The summed E-state index contributed by atoms with van der Waals surface area (Å²) < 4.78 is 15.6. The molecule has 0 spiro atoms. The van der Waals surface area contributed by atoms with Gasteiger partial charge in [0.1, 0.15) is 5.82 Å². The Kier molecular flexibility index (Phi) is 5.13. The summed E-state index contributed by atoms with van der Waals surface area (Å²) in [5.74, 6) is -0.169. The number of nitrogens with zero attached hydrogens (tertiary/aromatic N) is 1. The minimum atomic E-state index is -0.169. The third-order valence-electron chi connectivity index (χ3n) is 2.82. The summed E-state index contributed by atoms with van der Waals surface area (Å²) in [5, 5.41) is 0. The first-order valence-electron chi connectivity index (χ1n) is 5.91. The molecule has 2 aromatic carbocycles. The van der Waals surface area contributed by atoms with E-state index in [-0.39, 0.29) is 5.82 Å². The third-order valence-corrected chi connectivity index (χ3v) is 3.84. The lowest BCUT2D eigenvalue weighted by Gasteiger charge is -2.17. The van der Waals surface area contributed by atoms with Crippen LogP contribution >= 0.6 is 31.9 Å². The van der Waals surface area contributed by atoms with Crippen LogP contribution in [0, 0.1) is 5.82 Å². The number of halogens is 3. The lowest BCUT2D eigenvalue weighted by atomic mass is 10.1. The van der Waals surface area contributed by atoms with Gasteiger partial charge in [-0.25, -0.2) is 4.39 Å². The van der Waals surface area contributed by atoms with Crippen LogP contribution in [-0.4, -0.2) is 11.9 Å². The third kappa shape index (κ3) is 4.41. The molecule has 19 heavy (non-hydrogen) atoms. The second kappa shape index (κ2) is 6.64. The summed E-state index contributed by atoms with van der Waals surface area (Å²) in [5.41, 5.74) is 1.92. The fourth-order valence-corrected chi connectivity index (χ4v) is 2.50. The fourth-order valence-electron chi connectivity index (χ4n) is 1.90. The zero-order valence-corrected chi connectivity index (χ0v) is 13.7. The first-order valence-corrected chi connectivity index (χ1v) is 7.50. The number of hydrogen-bond donors (Lipinski definition) is 0. The molecular formula is C15H14Br2FN. The highest BCUT2D eigenvalue weighted by molar-refractivity contribution is 9.10. The molecule has 0 N–H and O–H groups in total. The number of rotatable bonds is 4. The molecule has 0 fully saturated rings. The van der Waals surface area contributed by atoms with Crippen molar-refractivity contribution in [2.75, 3.05) is 7.05 Å². The molecule has 0 saturated carbocycles. The summed E-state index contributed by atoms with van der Waals surface area (Å²) >= 11 is 6.68. The molecule has 0 saturated heterocycles. The molecule has 100 valence electrons. The van der Waals surface area contributed by atoms with Gasteiger partial charge in [0.2, 0.25) is 0 Å². The molecule has 0 aliphatic rings. The normalized spacial score (nSPS) is 11.0. The van der Waals surface area contributed by atoms with Crippen LogP contribution in [0.25, 0.3) is 0 Å². The van der Waals surface area contributed by atoms with Crippen molar-refractivity contribution in [2.24, 2.45) is 0 Å². The van der Waals surface area contributed by atoms with Crippen molar-refractivity contribution in [2.45, 2.75) is 13.1 Å². The van der Waals surface area contributed by atoms with Gasteiger partial charge in [-0.3, -0.25) is 4.90 Å². The van der Waals surface area contributed by atoms with E-state index in [1.165, 1.54) is 11.6 Å². The maximum absolute atomic E-state index is 13.7. The zero-order valence-electron chi connectivity index (χ0n) is 10.5. The van der Waals surface area contributed by atoms with Crippen LogP contribution in [-0.2, 0) is 13.1 Å². The van der Waals surface area contributed by atoms with Crippen molar-refractivity contribution in [3.63, 3.8) is 0 Å². The molecule has 0 bridgehead atoms. The van der Waals surface area contributed by atoms with E-state index < -0.39 is 0 Å². The van der Waals surface area contributed by atoms with E-state index in [0.29, 0.717) is 12.1 Å². The van der Waals surface area contributed by atoms with Crippen molar-refractivity contribution in [1.29, 1.82) is 0 Å². The van der Waals surface area contributed by atoms with Crippen LogP contribution in [0.3, 0.4) is 0 Å². The van der Waals surface area contributed by atoms with Crippen LogP contribution < -0.4 is 0 Å². The standard InChI is InChI=1S/C15H14Br2FN/c1-19(9-11-2-5-13(16)6-3-11)10-12-4-7-14(17)8-15(12)18/h2-8H,9-10H2,1H3. The van der Waals surface area contributed by atoms with E-state index in [0.717, 1.165) is 15.5 Å². The highest BCUT2D eigenvalue weighted by atomic mass is 79.9. The van der Waals surface area contributed by atoms with Crippen molar-refractivity contribution in [3.05, 3.63) is 68.4 Å². The first kappa shape index (κ1) is 14.7. The summed E-state index contributed by atoms with van der Waals surface area (Å²) in [6, 6.07) is 13.4. The Hall–Kier alpha value is -0.710. The molecule has 0 unspecified atom stereocenters. The molecule has 0 aromatic heterocycles. The molecule has 4 heteroatoms. The topological polar surface area (TPSA) is 3.24 Å². The molecule has 0 radical (unpaired) electrons. The Morgan fingerprint density at radius 2 is 1.58 bits per heavy atom. The molecular weight excluding hydrogens is 373 g/mol. The van der Waals surface area contributed by atoms with Crippen LogP contribution in [0.5, 0.6) is 0 Å². The first-order chi connectivity index (χ1) is 9.04. The highest BCUT2D eigenvalue weighted by Crippen LogP contribution is 2.18. The van der Waals surface area contributed by atoms with E-state index in [1.54, 1.807) is 0 Å². The van der Waals surface area contributed by atoms with E-state index in [9.17, 15) is 4.39 Å². The lowest BCUT2D eigenvalue weighted by molar-refractivity contribution is 0.313. The van der Waals surface area contributed by atoms with Gasteiger partial charge in [-0.05, 0) is 36.9 Å². The van der Waals surface area contributed by atoms with Gasteiger partial charge in [-0.1, -0.05) is 50.1 Å². The smallest absolute Gasteiger partial charge is 0.128 e. The molecule has 0 atom stereocenters. The largest absolute Gasteiger partial charge is 0.298 e. The minimum Gasteiger partial charge on any atom is -0.298 e. The van der Waals surface area contributed by atoms with Gasteiger partial charge in [0.15, 0.2) is 0 Å². The van der Waals surface area contributed by atoms with Gasteiger partial charge in [-0.15, -0.1) is 0 Å². The zero-order chi connectivity index (χ0) is 13.8. The number of benzene rings is 2. The molecule has 2 aromatic rings. The van der Waals surface area contributed by atoms with Crippen molar-refractivity contribution in [1.82, 2.24) is 4.90 Å². The van der Waals surface area contributed by atoms with Gasteiger partial charge in [0, 0.05) is 27.6 Å². The van der Waals surface area contributed by atoms with Gasteiger partial charge >= 0.3 is 0 Å². The van der Waals surface area contributed by atoms with Crippen LogP contribution in [0.4, 0.5) is 4.39 Å². The average molecular weight is 387 g/mol. The summed E-state index contributed by atoms with van der Waals surface area (Å²) in [4.78, 5) is 2.09. The molecule has 0 aliphatic carbocycles.